The molecule has 22 heavy (non-hydrogen) atoms. The molecule has 4 atom stereocenters. The number of amides is 1. The van der Waals surface area contributed by atoms with Crippen LogP contribution in [0.1, 0.15) is 64.7 Å². The fourth-order valence-corrected chi connectivity index (χ4v) is 4.86. The van der Waals surface area contributed by atoms with E-state index in [1.165, 1.54) is 51.4 Å². The van der Waals surface area contributed by atoms with E-state index in [9.17, 15) is 4.79 Å². The zero-order valence-electron chi connectivity index (χ0n) is 14.1. The van der Waals surface area contributed by atoms with Crippen LogP contribution in [-0.2, 0) is 4.79 Å². The smallest absolute Gasteiger partial charge is 0.223 e. The summed E-state index contributed by atoms with van der Waals surface area (Å²) in [5.41, 5.74) is 0. The fraction of sp³-hybridized carbons (Fsp3) is 0.944. The van der Waals surface area contributed by atoms with Crippen molar-refractivity contribution in [3.05, 3.63) is 0 Å². The first kappa shape index (κ1) is 18.1. The molecule has 0 aromatic rings. The standard InChI is InChI=1S/C18H32N2O.ClH/c1-14(16-7-4-10-19-13-16)12-18(21)20-11-5-8-15-6-2-3-9-17(15)20;/h14-17,19H,2-13H2,1H3;1H. The number of hydrogen-bond donors (Lipinski definition) is 1. The van der Waals surface area contributed by atoms with Crippen molar-refractivity contribution in [1.29, 1.82) is 0 Å². The van der Waals surface area contributed by atoms with Crippen LogP contribution in [0.5, 0.6) is 0 Å². The monoisotopic (exact) mass is 328 g/mol. The first-order chi connectivity index (χ1) is 10.3. The highest BCUT2D eigenvalue weighted by Crippen LogP contribution is 2.36. The van der Waals surface area contributed by atoms with E-state index in [0.717, 1.165) is 32.0 Å². The first-order valence-corrected chi connectivity index (χ1v) is 9.26. The van der Waals surface area contributed by atoms with Crippen molar-refractivity contribution in [2.45, 2.75) is 70.8 Å². The Kier molecular flexibility index (Phi) is 7.01. The van der Waals surface area contributed by atoms with Crippen molar-refractivity contribution in [3.63, 3.8) is 0 Å². The van der Waals surface area contributed by atoms with Gasteiger partial charge in [-0.2, -0.15) is 0 Å². The molecule has 0 bridgehead atoms. The maximum atomic E-state index is 12.8. The number of likely N-dealkylation sites (tertiary alicyclic amines) is 1. The molecule has 1 saturated carbocycles. The van der Waals surface area contributed by atoms with Crippen molar-refractivity contribution in [1.82, 2.24) is 10.2 Å². The Morgan fingerprint density at radius 1 is 1.14 bits per heavy atom. The Labute approximate surface area is 142 Å². The summed E-state index contributed by atoms with van der Waals surface area (Å²) in [6.07, 6.45) is 11.3. The first-order valence-electron chi connectivity index (χ1n) is 9.26. The van der Waals surface area contributed by atoms with Gasteiger partial charge in [0.1, 0.15) is 0 Å². The minimum atomic E-state index is 0. The largest absolute Gasteiger partial charge is 0.339 e. The highest BCUT2D eigenvalue weighted by atomic mass is 35.5. The third-order valence-electron chi connectivity index (χ3n) is 6.20. The molecular weight excluding hydrogens is 296 g/mol. The molecular formula is C18H33ClN2O. The summed E-state index contributed by atoms with van der Waals surface area (Å²) >= 11 is 0. The van der Waals surface area contributed by atoms with E-state index in [1.54, 1.807) is 0 Å². The third-order valence-corrected chi connectivity index (χ3v) is 6.20. The van der Waals surface area contributed by atoms with Crippen molar-refractivity contribution in [3.8, 4) is 0 Å². The Morgan fingerprint density at radius 2 is 1.91 bits per heavy atom. The molecule has 0 radical (unpaired) electrons. The molecule has 3 aliphatic rings. The summed E-state index contributed by atoms with van der Waals surface area (Å²) in [4.78, 5) is 15.1. The summed E-state index contributed by atoms with van der Waals surface area (Å²) in [5.74, 6) is 2.50. The number of fused-ring (bicyclic) bond motifs is 1. The molecule has 128 valence electrons. The quantitative estimate of drug-likeness (QED) is 0.858. The predicted octanol–water partition coefficient (Wildman–Crippen LogP) is 3.62. The second-order valence-electron chi connectivity index (χ2n) is 7.63. The summed E-state index contributed by atoms with van der Waals surface area (Å²) in [6.45, 7) is 5.58. The van der Waals surface area contributed by atoms with Gasteiger partial charge in [0.25, 0.3) is 0 Å². The van der Waals surface area contributed by atoms with E-state index < -0.39 is 0 Å². The molecule has 2 aliphatic heterocycles. The van der Waals surface area contributed by atoms with Crippen LogP contribution >= 0.6 is 12.4 Å². The molecule has 3 rings (SSSR count). The van der Waals surface area contributed by atoms with Crippen LogP contribution in [0, 0.1) is 17.8 Å². The number of nitrogens with one attached hydrogen (secondary N) is 1. The van der Waals surface area contributed by atoms with Crippen LogP contribution in [0.15, 0.2) is 0 Å². The molecule has 4 unspecified atom stereocenters. The van der Waals surface area contributed by atoms with Crippen LogP contribution in [0.4, 0.5) is 0 Å². The van der Waals surface area contributed by atoms with Crippen LogP contribution in [0.3, 0.4) is 0 Å². The van der Waals surface area contributed by atoms with Crippen molar-refractivity contribution < 1.29 is 4.79 Å². The van der Waals surface area contributed by atoms with Crippen molar-refractivity contribution in [2.75, 3.05) is 19.6 Å². The van der Waals surface area contributed by atoms with Gasteiger partial charge in [-0.05, 0) is 69.4 Å². The lowest BCUT2D eigenvalue weighted by Gasteiger charge is -2.44. The van der Waals surface area contributed by atoms with Gasteiger partial charge in [-0.15, -0.1) is 12.4 Å². The van der Waals surface area contributed by atoms with Gasteiger partial charge in [0.2, 0.25) is 5.91 Å². The summed E-state index contributed by atoms with van der Waals surface area (Å²) in [5, 5.41) is 3.49. The third kappa shape index (κ3) is 4.17. The highest BCUT2D eigenvalue weighted by molar-refractivity contribution is 5.85. The lowest BCUT2D eigenvalue weighted by molar-refractivity contribution is -0.138. The van der Waals surface area contributed by atoms with E-state index >= 15 is 0 Å². The second kappa shape index (κ2) is 8.54. The van der Waals surface area contributed by atoms with Gasteiger partial charge in [-0.3, -0.25) is 4.79 Å². The number of carbonyl (C=O) groups is 1. The minimum absolute atomic E-state index is 0. The Hall–Kier alpha value is -0.280. The van der Waals surface area contributed by atoms with Crippen LogP contribution in [0.2, 0.25) is 0 Å². The zero-order chi connectivity index (χ0) is 14.7. The topological polar surface area (TPSA) is 32.3 Å². The maximum Gasteiger partial charge on any atom is 0.223 e. The van der Waals surface area contributed by atoms with Gasteiger partial charge in [-0.25, -0.2) is 0 Å². The molecule has 2 heterocycles. The molecule has 0 aromatic carbocycles. The van der Waals surface area contributed by atoms with Gasteiger partial charge in [0, 0.05) is 19.0 Å². The van der Waals surface area contributed by atoms with E-state index in [4.69, 9.17) is 0 Å². The molecule has 0 spiro atoms. The van der Waals surface area contributed by atoms with Crippen LogP contribution in [0.25, 0.3) is 0 Å². The van der Waals surface area contributed by atoms with Crippen molar-refractivity contribution in [2.24, 2.45) is 17.8 Å². The summed E-state index contributed by atoms with van der Waals surface area (Å²) in [7, 11) is 0. The number of hydrogen-bond acceptors (Lipinski definition) is 2. The Balaban J connectivity index is 0.00000176. The minimum Gasteiger partial charge on any atom is -0.339 e. The Bertz CT molecular complexity index is 355. The SMILES string of the molecule is CC(CC(=O)N1CCCC2CCCCC21)C1CCCNC1.Cl. The normalized spacial score (nSPS) is 33.5. The number of carbonyl (C=O) groups excluding carboxylic acids is 1. The van der Waals surface area contributed by atoms with E-state index in [-0.39, 0.29) is 12.4 Å². The molecule has 4 heteroatoms. The summed E-state index contributed by atoms with van der Waals surface area (Å²) in [6, 6.07) is 0.580. The van der Waals surface area contributed by atoms with Gasteiger partial charge >= 0.3 is 0 Å². The van der Waals surface area contributed by atoms with Gasteiger partial charge in [-0.1, -0.05) is 19.8 Å². The van der Waals surface area contributed by atoms with Crippen molar-refractivity contribution >= 4 is 18.3 Å². The van der Waals surface area contributed by atoms with Gasteiger partial charge in [0.15, 0.2) is 0 Å². The lowest BCUT2D eigenvalue weighted by atomic mass is 9.77. The Morgan fingerprint density at radius 3 is 2.68 bits per heavy atom. The lowest BCUT2D eigenvalue weighted by Crippen LogP contribution is -2.50. The summed E-state index contributed by atoms with van der Waals surface area (Å²) < 4.78 is 0. The predicted molar refractivity (Wildman–Crippen MR) is 93.3 cm³/mol. The van der Waals surface area contributed by atoms with E-state index in [0.29, 0.717) is 23.8 Å². The molecule has 1 N–H and O–H groups in total. The highest BCUT2D eigenvalue weighted by Gasteiger charge is 2.36. The van der Waals surface area contributed by atoms with Crippen LogP contribution in [-0.4, -0.2) is 36.5 Å². The molecule has 3 nitrogen and oxygen atoms in total. The molecule has 2 saturated heterocycles. The molecule has 0 aromatic heterocycles. The van der Waals surface area contributed by atoms with E-state index in [1.807, 2.05) is 0 Å². The van der Waals surface area contributed by atoms with Gasteiger partial charge in [0.05, 0.1) is 0 Å². The number of piperidine rings is 2. The average Bonchev–Trinajstić information content (AvgIpc) is 2.55. The number of halogens is 1. The average molecular weight is 329 g/mol. The van der Waals surface area contributed by atoms with Gasteiger partial charge < -0.3 is 10.2 Å². The maximum absolute atomic E-state index is 12.8. The van der Waals surface area contributed by atoms with E-state index in [2.05, 4.69) is 17.1 Å². The molecule has 1 amide bonds. The fourth-order valence-electron chi connectivity index (χ4n) is 4.86. The molecule has 1 aliphatic carbocycles. The second-order valence-corrected chi connectivity index (χ2v) is 7.63. The number of rotatable bonds is 3. The van der Waals surface area contributed by atoms with Crippen LogP contribution < -0.4 is 5.32 Å². The molecule has 3 fully saturated rings. The number of nitrogens with zero attached hydrogens (tertiary/aromatic N) is 1. The zero-order valence-corrected chi connectivity index (χ0v) is 14.9.